The fourth-order valence-corrected chi connectivity index (χ4v) is 5.34. The molecule has 0 aliphatic rings. The normalized spacial score (nSPS) is 12.1. The van der Waals surface area contributed by atoms with E-state index in [1.165, 1.54) is 12.1 Å². The van der Waals surface area contributed by atoms with Gasteiger partial charge in [0.2, 0.25) is 0 Å². The largest absolute Gasteiger partial charge is 0.573 e. The predicted octanol–water partition coefficient (Wildman–Crippen LogP) is 9.07. The molecule has 0 aliphatic heterocycles. The highest BCUT2D eigenvalue weighted by Crippen LogP contribution is 2.30. The van der Waals surface area contributed by atoms with Gasteiger partial charge in [-0.2, -0.15) is 0 Å². The van der Waals surface area contributed by atoms with Crippen molar-refractivity contribution in [3.05, 3.63) is 99.3 Å². The van der Waals surface area contributed by atoms with Gasteiger partial charge in [0.25, 0.3) is 0 Å². The van der Waals surface area contributed by atoms with E-state index in [9.17, 15) is 13.2 Å². The molecule has 0 saturated carbocycles. The summed E-state index contributed by atoms with van der Waals surface area (Å²) in [6.45, 7) is 0.332. The maximum absolute atomic E-state index is 12.5. The lowest BCUT2D eigenvalue weighted by molar-refractivity contribution is -0.274. The third-order valence-electron chi connectivity index (χ3n) is 5.89. The molecule has 11 heteroatoms. The van der Waals surface area contributed by atoms with Gasteiger partial charge in [-0.1, -0.05) is 65.2 Å². The van der Waals surface area contributed by atoms with Crippen LogP contribution >= 0.6 is 47.0 Å². The van der Waals surface area contributed by atoms with Crippen LogP contribution in [0.15, 0.2) is 78.0 Å². The Balaban J connectivity index is 1.31. The molecule has 4 nitrogen and oxygen atoms in total. The summed E-state index contributed by atoms with van der Waals surface area (Å²) < 4.78 is 43.1. The molecule has 0 spiro atoms. The van der Waals surface area contributed by atoms with E-state index in [0.717, 1.165) is 32.9 Å². The van der Waals surface area contributed by atoms with Gasteiger partial charge in [0, 0.05) is 43.6 Å². The molecular formula is C28H17Cl3F3N3OS. The molecular weight excluding hydrogens is 590 g/mol. The number of rotatable bonds is 7. The summed E-state index contributed by atoms with van der Waals surface area (Å²) in [5.74, 6) is -0.284. The fraction of sp³-hybridized carbons (Fsp3) is 0.107. The molecule has 5 rings (SSSR count). The molecule has 0 bridgehead atoms. The number of hydrogen-bond acceptors (Lipinski definition) is 4. The van der Waals surface area contributed by atoms with Crippen LogP contribution in [0.4, 0.5) is 13.2 Å². The van der Waals surface area contributed by atoms with Crippen molar-refractivity contribution in [3.8, 4) is 11.4 Å². The number of aromatic nitrogens is 2. The molecule has 1 aromatic heterocycles. The minimum absolute atomic E-state index is 0.284. The zero-order valence-electron chi connectivity index (χ0n) is 19.8. The molecule has 0 radical (unpaired) electrons. The second kappa shape index (κ2) is 11.1. The zero-order chi connectivity index (χ0) is 27.7. The number of benzene rings is 4. The number of aliphatic imine (C=N–C) groups is 1. The average Bonchev–Trinajstić information content (AvgIpc) is 3.30. The number of alkyl halides is 3. The van der Waals surface area contributed by atoms with E-state index in [1.807, 2.05) is 34.9 Å². The van der Waals surface area contributed by atoms with Crippen molar-refractivity contribution >= 4 is 79.9 Å². The highest BCUT2D eigenvalue weighted by atomic mass is 35.5. The molecule has 5 aromatic rings. The quantitative estimate of drug-likeness (QED) is 0.137. The monoisotopic (exact) mass is 605 g/mol. The number of thiocarbonyl (C=S) groups is 1. The van der Waals surface area contributed by atoms with Crippen molar-refractivity contribution in [1.82, 2.24) is 9.55 Å². The second-order valence-corrected chi connectivity index (χ2v) is 10.4. The van der Waals surface area contributed by atoms with Crippen molar-refractivity contribution < 1.29 is 17.9 Å². The molecule has 0 N–H and O–H groups in total. The van der Waals surface area contributed by atoms with Crippen molar-refractivity contribution in [2.45, 2.75) is 12.8 Å². The lowest BCUT2D eigenvalue weighted by Gasteiger charge is -2.10. The van der Waals surface area contributed by atoms with Gasteiger partial charge >= 0.3 is 6.36 Å². The van der Waals surface area contributed by atoms with Gasteiger partial charge in [-0.05, 0) is 65.0 Å². The molecule has 0 aliphatic carbocycles. The van der Waals surface area contributed by atoms with Crippen LogP contribution in [0.2, 0.25) is 15.1 Å². The molecule has 0 saturated heterocycles. The van der Waals surface area contributed by atoms with Gasteiger partial charge in [0.15, 0.2) is 0 Å². The van der Waals surface area contributed by atoms with Crippen molar-refractivity contribution in [2.75, 3.05) is 6.54 Å². The number of imidazole rings is 1. The number of halogens is 6. The summed E-state index contributed by atoms with van der Waals surface area (Å²) >= 11 is 24.0. The van der Waals surface area contributed by atoms with E-state index in [-0.39, 0.29) is 5.75 Å². The standard InChI is InChI=1S/C28H17Cl3F3N3OS/c29-18-10-24(30)23(25(31)11-18)12-21(39)14-35-13-16-1-7-22-17(9-16)2-8-26-27(22)36-15-37(26)19-3-5-20(6-4-19)38-28(32,33)34/h1-11,13,15H,12,14H2. The van der Waals surface area contributed by atoms with Crippen LogP contribution in [0.5, 0.6) is 5.75 Å². The minimum atomic E-state index is -4.74. The van der Waals surface area contributed by atoms with E-state index < -0.39 is 6.36 Å². The number of ether oxygens (including phenoxy) is 1. The summed E-state index contributed by atoms with van der Waals surface area (Å²) in [5.41, 5.74) is 3.87. The number of hydrogen-bond donors (Lipinski definition) is 0. The van der Waals surface area contributed by atoms with Gasteiger partial charge in [0.1, 0.15) is 12.1 Å². The SMILES string of the molecule is FC(F)(F)Oc1ccc(-n2cnc3c4ccc(C=NCC(=S)Cc5c(Cl)cc(Cl)cc5Cl)cc4ccc32)cc1. The Labute approximate surface area is 241 Å². The van der Waals surface area contributed by atoms with Crippen LogP contribution in [0.3, 0.4) is 0 Å². The van der Waals surface area contributed by atoms with Crippen LogP contribution in [0.1, 0.15) is 11.1 Å². The summed E-state index contributed by atoms with van der Waals surface area (Å²) in [4.78, 5) is 9.71. The lowest BCUT2D eigenvalue weighted by atomic mass is 10.1. The van der Waals surface area contributed by atoms with Gasteiger partial charge in [0.05, 0.1) is 17.6 Å². The van der Waals surface area contributed by atoms with Crippen LogP contribution in [0.25, 0.3) is 27.5 Å². The van der Waals surface area contributed by atoms with Gasteiger partial charge in [-0.3, -0.25) is 9.56 Å². The van der Waals surface area contributed by atoms with Crippen molar-refractivity contribution in [1.29, 1.82) is 0 Å². The van der Waals surface area contributed by atoms with Gasteiger partial charge in [-0.25, -0.2) is 4.98 Å². The van der Waals surface area contributed by atoms with Gasteiger partial charge in [-0.15, -0.1) is 13.2 Å². The predicted molar refractivity (Wildman–Crippen MR) is 155 cm³/mol. The summed E-state index contributed by atoms with van der Waals surface area (Å²) in [6, 6.07) is 18.7. The number of fused-ring (bicyclic) bond motifs is 3. The first-order chi connectivity index (χ1) is 18.6. The maximum Gasteiger partial charge on any atom is 0.573 e. The van der Waals surface area contributed by atoms with E-state index in [4.69, 9.17) is 47.0 Å². The Bertz CT molecular complexity index is 1710. The van der Waals surface area contributed by atoms with Crippen LogP contribution in [-0.2, 0) is 6.42 Å². The highest BCUT2D eigenvalue weighted by molar-refractivity contribution is 7.80. The van der Waals surface area contributed by atoms with E-state index in [0.29, 0.717) is 38.6 Å². The van der Waals surface area contributed by atoms with Gasteiger partial charge < -0.3 is 4.74 Å². The second-order valence-electron chi connectivity index (χ2n) is 8.60. The van der Waals surface area contributed by atoms with E-state index in [2.05, 4.69) is 14.7 Å². The molecule has 39 heavy (non-hydrogen) atoms. The first-order valence-corrected chi connectivity index (χ1v) is 13.0. The smallest absolute Gasteiger partial charge is 0.406 e. The molecule has 198 valence electrons. The third-order valence-corrected chi connectivity index (χ3v) is 7.06. The highest BCUT2D eigenvalue weighted by Gasteiger charge is 2.31. The molecule has 0 fully saturated rings. The molecule has 0 unspecified atom stereocenters. The molecule has 0 atom stereocenters. The Morgan fingerprint density at radius 3 is 2.38 bits per heavy atom. The van der Waals surface area contributed by atoms with Crippen LogP contribution in [0, 0.1) is 0 Å². The zero-order valence-corrected chi connectivity index (χ0v) is 22.9. The first-order valence-electron chi connectivity index (χ1n) is 11.5. The lowest BCUT2D eigenvalue weighted by Crippen LogP contribution is -2.17. The van der Waals surface area contributed by atoms with Crippen molar-refractivity contribution in [2.24, 2.45) is 4.99 Å². The third kappa shape index (κ3) is 6.36. The Kier molecular flexibility index (Phi) is 7.82. The first kappa shape index (κ1) is 27.4. The molecule has 1 heterocycles. The van der Waals surface area contributed by atoms with Crippen molar-refractivity contribution in [3.63, 3.8) is 0 Å². The topological polar surface area (TPSA) is 39.4 Å². The van der Waals surface area contributed by atoms with E-state index >= 15 is 0 Å². The summed E-state index contributed by atoms with van der Waals surface area (Å²) in [7, 11) is 0. The van der Waals surface area contributed by atoms with Crippen LogP contribution in [-0.4, -0.2) is 33.5 Å². The number of nitrogens with zero attached hydrogens (tertiary/aromatic N) is 3. The Hall–Kier alpha value is -3.17. The van der Waals surface area contributed by atoms with Crippen LogP contribution < -0.4 is 4.74 Å². The molecule has 4 aromatic carbocycles. The average molecular weight is 607 g/mol. The molecule has 0 amide bonds. The fourth-order valence-electron chi connectivity index (χ4n) is 4.17. The van der Waals surface area contributed by atoms with E-state index in [1.54, 1.807) is 36.8 Å². The Morgan fingerprint density at radius 1 is 0.974 bits per heavy atom. The maximum atomic E-state index is 12.5. The Morgan fingerprint density at radius 2 is 1.69 bits per heavy atom. The summed E-state index contributed by atoms with van der Waals surface area (Å²) in [5, 5.41) is 3.30. The minimum Gasteiger partial charge on any atom is -0.406 e. The summed E-state index contributed by atoms with van der Waals surface area (Å²) in [6.07, 6.45) is -0.932.